The largest absolute Gasteiger partial charge is 0.383 e. The van der Waals surface area contributed by atoms with Crippen molar-refractivity contribution in [1.29, 1.82) is 0 Å². The lowest BCUT2D eigenvalue weighted by Gasteiger charge is -2.16. The Morgan fingerprint density at radius 2 is 2.14 bits per heavy atom. The van der Waals surface area contributed by atoms with Gasteiger partial charge in [-0.05, 0) is 12.1 Å². The van der Waals surface area contributed by atoms with Gasteiger partial charge in [0.2, 0.25) is 5.91 Å². The predicted molar refractivity (Wildman–Crippen MR) is 73.0 cm³/mol. The molecule has 0 unspecified atom stereocenters. The van der Waals surface area contributed by atoms with E-state index >= 15 is 0 Å². The van der Waals surface area contributed by atoms with Crippen LogP contribution in [-0.2, 0) is 14.3 Å². The first kappa shape index (κ1) is 15.4. The van der Waals surface area contributed by atoms with Crippen molar-refractivity contribution in [2.24, 2.45) is 0 Å². The summed E-state index contributed by atoms with van der Waals surface area (Å²) in [4.78, 5) is 36.3. The molecule has 0 radical (unpaired) electrons. The van der Waals surface area contributed by atoms with Crippen molar-refractivity contribution < 1.29 is 23.5 Å². The van der Waals surface area contributed by atoms with E-state index in [4.69, 9.17) is 16.3 Å². The normalized spacial score (nSPS) is 13.6. The zero-order valence-electron chi connectivity index (χ0n) is 11.1. The van der Waals surface area contributed by atoms with Crippen LogP contribution in [0.5, 0.6) is 0 Å². The molecular formula is C13H12ClFN2O4. The molecule has 0 spiro atoms. The van der Waals surface area contributed by atoms with Crippen molar-refractivity contribution in [3.05, 3.63) is 28.5 Å². The zero-order valence-corrected chi connectivity index (χ0v) is 11.9. The summed E-state index contributed by atoms with van der Waals surface area (Å²) in [6, 6.07) is 2.07. The third kappa shape index (κ3) is 3.03. The number of hydrogen-bond acceptors (Lipinski definition) is 4. The van der Waals surface area contributed by atoms with E-state index in [0.29, 0.717) is 6.61 Å². The molecule has 1 aliphatic heterocycles. The van der Waals surface area contributed by atoms with Crippen LogP contribution in [0, 0.1) is 5.82 Å². The summed E-state index contributed by atoms with van der Waals surface area (Å²) >= 11 is 5.59. The second kappa shape index (κ2) is 6.19. The topological polar surface area (TPSA) is 75.7 Å². The Bertz CT molecular complexity index is 620. The summed E-state index contributed by atoms with van der Waals surface area (Å²) in [5, 5.41) is 2.26. The van der Waals surface area contributed by atoms with Crippen LogP contribution in [-0.4, -0.2) is 44.4 Å². The molecule has 1 heterocycles. The van der Waals surface area contributed by atoms with Gasteiger partial charge in [-0.3, -0.25) is 19.3 Å². The molecular weight excluding hydrogens is 303 g/mol. The minimum Gasteiger partial charge on any atom is -0.383 e. The highest BCUT2D eigenvalue weighted by atomic mass is 35.5. The third-order valence-corrected chi connectivity index (χ3v) is 3.23. The first-order valence-electron chi connectivity index (χ1n) is 6.06. The molecule has 1 aromatic rings. The second-order valence-corrected chi connectivity index (χ2v) is 4.75. The SMILES string of the molecule is COCCNC(=O)CN1C(=O)C(=O)c2cc(Cl)c(F)cc21. The fourth-order valence-corrected chi connectivity index (χ4v) is 2.10. The first-order chi connectivity index (χ1) is 9.95. The van der Waals surface area contributed by atoms with Gasteiger partial charge in [-0.25, -0.2) is 4.39 Å². The maximum absolute atomic E-state index is 13.5. The van der Waals surface area contributed by atoms with Gasteiger partial charge < -0.3 is 10.1 Å². The number of methoxy groups -OCH3 is 1. The van der Waals surface area contributed by atoms with Gasteiger partial charge in [0.1, 0.15) is 12.4 Å². The maximum Gasteiger partial charge on any atom is 0.299 e. The smallest absolute Gasteiger partial charge is 0.299 e. The summed E-state index contributed by atoms with van der Waals surface area (Å²) in [6.07, 6.45) is 0. The summed E-state index contributed by atoms with van der Waals surface area (Å²) < 4.78 is 18.3. The Labute approximate surface area is 124 Å². The second-order valence-electron chi connectivity index (χ2n) is 4.35. The number of nitrogens with zero attached hydrogens (tertiary/aromatic N) is 1. The van der Waals surface area contributed by atoms with Crippen LogP contribution in [0.25, 0.3) is 0 Å². The Kier molecular flexibility index (Phi) is 4.54. The molecule has 0 atom stereocenters. The number of benzene rings is 1. The van der Waals surface area contributed by atoms with Gasteiger partial charge in [-0.1, -0.05) is 11.6 Å². The molecule has 0 saturated heterocycles. The van der Waals surface area contributed by atoms with Crippen molar-refractivity contribution in [2.45, 2.75) is 0 Å². The fraction of sp³-hybridized carbons (Fsp3) is 0.308. The van der Waals surface area contributed by atoms with Crippen molar-refractivity contribution in [1.82, 2.24) is 5.32 Å². The van der Waals surface area contributed by atoms with Gasteiger partial charge in [0.05, 0.1) is 22.9 Å². The summed E-state index contributed by atoms with van der Waals surface area (Å²) in [5.41, 5.74) is 0.0462. The number of Topliss-reactive ketones (excluding diaryl/α,β-unsaturated/α-hetero) is 1. The van der Waals surface area contributed by atoms with Crippen LogP contribution in [0.2, 0.25) is 5.02 Å². The number of ether oxygens (including phenoxy) is 1. The maximum atomic E-state index is 13.5. The average molecular weight is 315 g/mol. The monoisotopic (exact) mass is 314 g/mol. The van der Waals surface area contributed by atoms with Gasteiger partial charge in [-0.15, -0.1) is 0 Å². The number of rotatable bonds is 5. The van der Waals surface area contributed by atoms with Crippen molar-refractivity contribution in [3.8, 4) is 0 Å². The molecule has 1 aromatic carbocycles. The van der Waals surface area contributed by atoms with Crippen molar-refractivity contribution in [2.75, 3.05) is 31.7 Å². The van der Waals surface area contributed by atoms with Crippen LogP contribution in [0.4, 0.5) is 10.1 Å². The van der Waals surface area contributed by atoms with Gasteiger partial charge in [0, 0.05) is 13.7 Å². The molecule has 112 valence electrons. The van der Waals surface area contributed by atoms with Crippen molar-refractivity contribution in [3.63, 3.8) is 0 Å². The highest BCUT2D eigenvalue weighted by Crippen LogP contribution is 2.32. The number of fused-ring (bicyclic) bond motifs is 1. The molecule has 0 saturated carbocycles. The Morgan fingerprint density at radius 3 is 2.81 bits per heavy atom. The van der Waals surface area contributed by atoms with E-state index < -0.39 is 23.4 Å². The number of nitrogens with one attached hydrogen (secondary N) is 1. The summed E-state index contributed by atoms with van der Waals surface area (Å²) in [5.74, 6) is -2.93. The van der Waals surface area contributed by atoms with E-state index in [0.717, 1.165) is 17.0 Å². The number of ketones is 1. The average Bonchev–Trinajstić information content (AvgIpc) is 2.65. The van der Waals surface area contributed by atoms with E-state index in [-0.39, 0.29) is 29.4 Å². The van der Waals surface area contributed by atoms with Crippen LogP contribution in [0.15, 0.2) is 12.1 Å². The number of hydrogen-bond donors (Lipinski definition) is 1. The quantitative estimate of drug-likeness (QED) is 0.643. The molecule has 0 bridgehead atoms. The molecule has 0 aromatic heterocycles. The number of carbonyl (C=O) groups is 3. The molecule has 0 aliphatic carbocycles. The Balaban J connectivity index is 2.19. The minimum atomic E-state index is -0.881. The van der Waals surface area contributed by atoms with Crippen LogP contribution in [0.3, 0.4) is 0 Å². The van der Waals surface area contributed by atoms with E-state index in [2.05, 4.69) is 5.32 Å². The standard InChI is InChI=1S/C13H12ClFN2O4/c1-21-3-2-16-11(18)6-17-10-5-9(15)8(14)4-7(10)12(19)13(17)20/h4-5H,2-3,6H2,1H3,(H,16,18). The van der Waals surface area contributed by atoms with Crippen LogP contribution in [0.1, 0.15) is 10.4 Å². The lowest BCUT2D eigenvalue weighted by atomic mass is 10.1. The molecule has 2 rings (SSSR count). The van der Waals surface area contributed by atoms with Gasteiger partial charge in [0.25, 0.3) is 11.7 Å². The summed E-state index contributed by atoms with van der Waals surface area (Å²) in [6.45, 7) is 0.217. The van der Waals surface area contributed by atoms with E-state index in [1.807, 2.05) is 0 Å². The molecule has 8 heteroatoms. The number of amides is 2. The highest BCUT2D eigenvalue weighted by Gasteiger charge is 2.37. The molecule has 21 heavy (non-hydrogen) atoms. The molecule has 0 fully saturated rings. The number of carbonyl (C=O) groups excluding carboxylic acids is 3. The predicted octanol–water partition coefficient (Wildman–Crippen LogP) is 0.771. The number of anilines is 1. The third-order valence-electron chi connectivity index (χ3n) is 2.94. The lowest BCUT2D eigenvalue weighted by molar-refractivity contribution is -0.122. The zero-order chi connectivity index (χ0) is 15.6. The molecule has 6 nitrogen and oxygen atoms in total. The van der Waals surface area contributed by atoms with Gasteiger partial charge >= 0.3 is 0 Å². The van der Waals surface area contributed by atoms with E-state index in [1.165, 1.54) is 7.11 Å². The first-order valence-corrected chi connectivity index (χ1v) is 6.44. The van der Waals surface area contributed by atoms with Crippen LogP contribution >= 0.6 is 11.6 Å². The Morgan fingerprint density at radius 1 is 1.43 bits per heavy atom. The lowest BCUT2D eigenvalue weighted by Crippen LogP contribution is -2.41. The molecule has 1 aliphatic rings. The van der Waals surface area contributed by atoms with E-state index in [1.54, 1.807) is 0 Å². The summed E-state index contributed by atoms with van der Waals surface area (Å²) in [7, 11) is 1.48. The number of halogens is 2. The highest BCUT2D eigenvalue weighted by molar-refractivity contribution is 6.53. The van der Waals surface area contributed by atoms with Gasteiger partial charge in [0.15, 0.2) is 0 Å². The fourth-order valence-electron chi connectivity index (χ4n) is 1.94. The molecule has 1 N–H and O–H groups in total. The van der Waals surface area contributed by atoms with Gasteiger partial charge in [-0.2, -0.15) is 0 Å². The molecule has 2 amide bonds. The van der Waals surface area contributed by atoms with Crippen molar-refractivity contribution >= 4 is 34.9 Å². The van der Waals surface area contributed by atoms with E-state index in [9.17, 15) is 18.8 Å². The Hall–Kier alpha value is -1.99. The van der Waals surface area contributed by atoms with Crippen LogP contribution < -0.4 is 10.2 Å². The minimum absolute atomic E-state index is 0.00362.